The van der Waals surface area contributed by atoms with Crippen molar-refractivity contribution in [3.8, 4) is 0 Å². The molecule has 2 amide bonds. The molecule has 2 rings (SSSR count). The molecule has 1 aromatic rings. The summed E-state index contributed by atoms with van der Waals surface area (Å²) in [4.78, 5) is 25.0. The van der Waals surface area contributed by atoms with Gasteiger partial charge in [0.2, 0.25) is 0 Å². The van der Waals surface area contributed by atoms with Crippen LogP contribution in [0.1, 0.15) is 38.8 Å². The molecule has 1 aliphatic heterocycles. The fourth-order valence-electron chi connectivity index (χ4n) is 2.08. The minimum absolute atomic E-state index is 0.157. The van der Waals surface area contributed by atoms with Crippen LogP contribution in [0.4, 0.5) is 0 Å². The van der Waals surface area contributed by atoms with E-state index < -0.39 is 0 Å². The fourth-order valence-corrected chi connectivity index (χ4v) is 2.08. The van der Waals surface area contributed by atoms with E-state index >= 15 is 0 Å². The number of fused-ring (bicyclic) bond motifs is 1. The molecule has 1 aromatic carbocycles. The molecule has 0 bridgehead atoms. The van der Waals surface area contributed by atoms with Crippen molar-refractivity contribution in [1.29, 1.82) is 0 Å². The first-order valence-corrected chi connectivity index (χ1v) is 5.03. The van der Waals surface area contributed by atoms with Gasteiger partial charge in [-0.3, -0.25) is 14.5 Å². The first-order chi connectivity index (χ1) is 7.06. The molecular formula is C12H13NO2. The maximum absolute atomic E-state index is 11.9. The van der Waals surface area contributed by atoms with Gasteiger partial charge < -0.3 is 0 Å². The van der Waals surface area contributed by atoms with Crippen molar-refractivity contribution in [2.24, 2.45) is 0 Å². The van der Waals surface area contributed by atoms with Crippen molar-refractivity contribution in [3.63, 3.8) is 0 Å². The zero-order valence-corrected chi connectivity index (χ0v) is 9.13. The highest BCUT2D eigenvalue weighted by Gasteiger charge is 2.35. The van der Waals surface area contributed by atoms with Crippen LogP contribution in [0.25, 0.3) is 0 Å². The minimum atomic E-state index is -0.163. The van der Waals surface area contributed by atoms with Crippen LogP contribution in [0, 0.1) is 13.8 Å². The van der Waals surface area contributed by atoms with E-state index in [4.69, 9.17) is 0 Å². The molecule has 0 N–H and O–H groups in total. The molecule has 0 spiro atoms. The zero-order valence-electron chi connectivity index (χ0n) is 9.13. The monoisotopic (exact) mass is 203 g/mol. The Morgan fingerprint density at radius 1 is 1.13 bits per heavy atom. The molecule has 1 aliphatic rings. The number of imide groups is 1. The van der Waals surface area contributed by atoms with Gasteiger partial charge in [0.05, 0.1) is 11.1 Å². The average molecular weight is 203 g/mol. The van der Waals surface area contributed by atoms with Crippen LogP contribution in [0.5, 0.6) is 0 Å². The molecule has 1 heterocycles. The third kappa shape index (κ3) is 1.27. The van der Waals surface area contributed by atoms with E-state index in [1.165, 1.54) is 4.90 Å². The molecule has 0 saturated carbocycles. The maximum atomic E-state index is 11.9. The van der Waals surface area contributed by atoms with Gasteiger partial charge in [-0.05, 0) is 32.4 Å². The summed E-state index contributed by atoms with van der Waals surface area (Å²) in [5.41, 5.74) is 3.04. The highest BCUT2D eigenvalue weighted by molar-refractivity contribution is 6.22. The SMILES string of the molecule is CCN1C(=O)c2cc(C)cc(C)c2C1=O. The van der Waals surface area contributed by atoms with E-state index in [2.05, 4.69) is 0 Å². The predicted octanol–water partition coefficient (Wildman–Crippen LogP) is 1.92. The lowest BCUT2D eigenvalue weighted by Crippen LogP contribution is -2.29. The van der Waals surface area contributed by atoms with E-state index in [0.717, 1.165) is 11.1 Å². The van der Waals surface area contributed by atoms with Gasteiger partial charge >= 0.3 is 0 Å². The zero-order chi connectivity index (χ0) is 11.2. The maximum Gasteiger partial charge on any atom is 0.261 e. The van der Waals surface area contributed by atoms with Gasteiger partial charge in [0.1, 0.15) is 0 Å². The average Bonchev–Trinajstić information content (AvgIpc) is 2.39. The number of nitrogens with zero attached hydrogens (tertiary/aromatic N) is 1. The summed E-state index contributed by atoms with van der Waals surface area (Å²) in [5, 5.41) is 0. The fraction of sp³-hybridized carbons (Fsp3) is 0.333. The molecule has 3 nitrogen and oxygen atoms in total. The van der Waals surface area contributed by atoms with Gasteiger partial charge in [0.15, 0.2) is 0 Å². The van der Waals surface area contributed by atoms with Crippen molar-refractivity contribution >= 4 is 11.8 Å². The van der Waals surface area contributed by atoms with E-state index in [9.17, 15) is 9.59 Å². The van der Waals surface area contributed by atoms with Crippen molar-refractivity contribution in [1.82, 2.24) is 4.90 Å². The van der Waals surface area contributed by atoms with Gasteiger partial charge in [-0.1, -0.05) is 11.6 Å². The van der Waals surface area contributed by atoms with Crippen LogP contribution in [0.2, 0.25) is 0 Å². The highest BCUT2D eigenvalue weighted by Crippen LogP contribution is 2.26. The summed E-state index contributed by atoms with van der Waals surface area (Å²) in [6.07, 6.45) is 0. The second kappa shape index (κ2) is 3.19. The van der Waals surface area contributed by atoms with E-state index in [0.29, 0.717) is 17.7 Å². The lowest BCUT2D eigenvalue weighted by molar-refractivity contribution is 0.0663. The Labute approximate surface area is 88.7 Å². The number of carbonyl (C=O) groups excluding carboxylic acids is 2. The number of rotatable bonds is 1. The van der Waals surface area contributed by atoms with E-state index in [1.54, 1.807) is 6.07 Å². The van der Waals surface area contributed by atoms with Crippen LogP contribution < -0.4 is 0 Å². The highest BCUT2D eigenvalue weighted by atomic mass is 16.2. The Morgan fingerprint density at radius 2 is 1.80 bits per heavy atom. The molecule has 0 saturated heterocycles. The normalized spacial score (nSPS) is 14.7. The Kier molecular flexibility index (Phi) is 2.11. The lowest BCUT2D eigenvalue weighted by atomic mass is 10.0. The standard InChI is InChI=1S/C12H13NO2/c1-4-13-11(14)9-6-7(2)5-8(3)10(9)12(13)15/h5-6H,4H2,1-3H3. The van der Waals surface area contributed by atoms with Gasteiger partial charge in [0, 0.05) is 6.54 Å². The number of benzene rings is 1. The van der Waals surface area contributed by atoms with E-state index in [-0.39, 0.29) is 11.8 Å². The van der Waals surface area contributed by atoms with Crippen LogP contribution >= 0.6 is 0 Å². The van der Waals surface area contributed by atoms with Crippen LogP contribution in [-0.2, 0) is 0 Å². The molecule has 78 valence electrons. The van der Waals surface area contributed by atoms with Crippen LogP contribution in [0.3, 0.4) is 0 Å². The molecule has 0 fully saturated rings. The van der Waals surface area contributed by atoms with Gasteiger partial charge in [-0.2, -0.15) is 0 Å². The molecule has 0 aromatic heterocycles. The number of hydrogen-bond acceptors (Lipinski definition) is 2. The topological polar surface area (TPSA) is 37.4 Å². The van der Waals surface area contributed by atoms with Gasteiger partial charge in [-0.25, -0.2) is 0 Å². The Morgan fingerprint density at radius 3 is 2.40 bits per heavy atom. The summed E-state index contributed by atoms with van der Waals surface area (Å²) in [6, 6.07) is 3.72. The number of aryl methyl sites for hydroxylation is 2. The largest absolute Gasteiger partial charge is 0.275 e. The smallest absolute Gasteiger partial charge is 0.261 e. The van der Waals surface area contributed by atoms with Gasteiger partial charge in [0.25, 0.3) is 11.8 Å². The second-order valence-electron chi connectivity index (χ2n) is 3.86. The number of carbonyl (C=O) groups is 2. The third-order valence-electron chi connectivity index (χ3n) is 2.73. The molecule has 0 unspecified atom stereocenters. The summed E-state index contributed by atoms with van der Waals surface area (Å²) in [7, 11) is 0. The lowest BCUT2D eigenvalue weighted by Gasteiger charge is -2.09. The second-order valence-corrected chi connectivity index (χ2v) is 3.86. The van der Waals surface area contributed by atoms with Crippen LogP contribution in [-0.4, -0.2) is 23.3 Å². The quantitative estimate of drug-likeness (QED) is 0.654. The van der Waals surface area contributed by atoms with Crippen LogP contribution in [0.15, 0.2) is 12.1 Å². The van der Waals surface area contributed by atoms with Crippen molar-refractivity contribution in [3.05, 3.63) is 34.4 Å². The van der Waals surface area contributed by atoms with Crippen molar-refractivity contribution in [2.45, 2.75) is 20.8 Å². The molecular weight excluding hydrogens is 190 g/mol. The summed E-state index contributed by atoms with van der Waals surface area (Å²) >= 11 is 0. The first-order valence-electron chi connectivity index (χ1n) is 5.03. The van der Waals surface area contributed by atoms with Gasteiger partial charge in [-0.15, -0.1) is 0 Å². The summed E-state index contributed by atoms with van der Waals surface area (Å²) in [5.74, 6) is -0.320. The Bertz CT molecular complexity index is 463. The minimum Gasteiger partial charge on any atom is -0.275 e. The van der Waals surface area contributed by atoms with E-state index in [1.807, 2.05) is 26.8 Å². The third-order valence-corrected chi connectivity index (χ3v) is 2.73. The molecule has 15 heavy (non-hydrogen) atoms. The summed E-state index contributed by atoms with van der Waals surface area (Å²) in [6.45, 7) is 6.05. The predicted molar refractivity (Wildman–Crippen MR) is 57.0 cm³/mol. The Hall–Kier alpha value is -1.64. The first kappa shape index (κ1) is 9.90. The molecule has 0 aliphatic carbocycles. The number of amides is 2. The molecule has 0 atom stereocenters. The Balaban J connectivity index is 2.67. The van der Waals surface area contributed by atoms with Crippen molar-refractivity contribution in [2.75, 3.05) is 6.54 Å². The molecule has 3 heteroatoms. The summed E-state index contributed by atoms with van der Waals surface area (Å²) < 4.78 is 0. The molecule has 0 radical (unpaired) electrons. The van der Waals surface area contributed by atoms with Crippen molar-refractivity contribution < 1.29 is 9.59 Å². The number of hydrogen-bond donors (Lipinski definition) is 0.